The maximum atomic E-state index is 9.17. The van der Waals surface area contributed by atoms with Gasteiger partial charge in [-0.05, 0) is 31.4 Å². The van der Waals surface area contributed by atoms with Crippen molar-refractivity contribution in [2.24, 2.45) is 0 Å². The fourth-order valence-corrected chi connectivity index (χ4v) is 4.32. The molecule has 0 spiro atoms. The monoisotopic (exact) mass is 390 g/mol. The molecule has 150 valence electrons. The van der Waals surface area contributed by atoms with Gasteiger partial charge in [0.15, 0.2) is 5.82 Å². The van der Waals surface area contributed by atoms with E-state index in [9.17, 15) is 5.11 Å². The minimum absolute atomic E-state index is 0.0453. The topological polar surface area (TPSA) is 65.6 Å². The number of fused-ring (bicyclic) bond motifs is 1. The van der Waals surface area contributed by atoms with Crippen LogP contribution in [0.3, 0.4) is 0 Å². The maximum Gasteiger partial charge on any atom is 0.161 e. The highest BCUT2D eigenvalue weighted by molar-refractivity contribution is 5.61. The second kappa shape index (κ2) is 7.97. The highest BCUT2D eigenvalue weighted by atomic mass is 16.4. The molecule has 1 aliphatic carbocycles. The summed E-state index contributed by atoms with van der Waals surface area (Å²) in [7, 11) is 0. The van der Waals surface area contributed by atoms with Crippen LogP contribution in [0.2, 0.25) is 0 Å². The summed E-state index contributed by atoms with van der Waals surface area (Å²) in [6.45, 7) is 4.57. The number of anilines is 1. The van der Waals surface area contributed by atoms with E-state index in [1.807, 2.05) is 30.3 Å². The Labute approximate surface area is 170 Å². The van der Waals surface area contributed by atoms with Crippen molar-refractivity contribution in [3.63, 3.8) is 0 Å². The van der Waals surface area contributed by atoms with Crippen molar-refractivity contribution in [2.45, 2.75) is 32.4 Å². The van der Waals surface area contributed by atoms with Gasteiger partial charge in [0.25, 0.3) is 0 Å². The van der Waals surface area contributed by atoms with Gasteiger partial charge in [-0.3, -0.25) is 4.90 Å². The Morgan fingerprint density at radius 2 is 1.69 bits per heavy atom. The first-order valence-corrected chi connectivity index (χ1v) is 10.4. The van der Waals surface area contributed by atoms with Crippen molar-refractivity contribution in [2.75, 3.05) is 31.1 Å². The zero-order valence-corrected chi connectivity index (χ0v) is 16.5. The summed E-state index contributed by atoms with van der Waals surface area (Å²) >= 11 is 0. The molecule has 0 bridgehead atoms. The fourth-order valence-electron chi connectivity index (χ4n) is 4.32. The van der Waals surface area contributed by atoms with Crippen LogP contribution >= 0.6 is 0 Å². The molecular formula is C23H26N4O2. The van der Waals surface area contributed by atoms with Crippen molar-refractivity contribution in [1.82, 2.24) is 14.9 Å². The molecule has 29 heavy (non-hydrogen) atoms. The highest BCUT2D eigenvalue weighted by Crippen LogP contribution is 2.32. The molecule has 0 saturated carbocycles. The van der Waals surface area contributed by atoms with Gasteiger partial charge in [0.2, 0.25) is 0 Å². The number of piperazine rings is 1. The van der Waals surface area contributed by atoms with Crippen molar-refractivity contribution >= 4 is 5.82 Å². The van der Waals surface area contributed by atoms with Gasteiger partial charge in [-0.1, -0.05) is 30.3 Å². The number of aromatic nitrogens is 2. The van der Waals surface area contributed by atoms with E-state index in [1.165, 1.54) is 17.7 Å². The van der Waals surface area contributed by atoms with Crippen LogP contribution in [-0.4, -0.2) is 46.2 Å². The molecule has 5 rings (SSSR count). The number of benzene rings is 1. The van der Waals surface area contributed by atoms with Gasteiger partial charge in [0, 0.05) is 43.0 Å². The van der Waals surface area contributed by atoms with E-state index < -0.39 is 0 Å². The summed E-state index contributed by atoms with van der Waals surface area (Å²) in [5, 5.41) is 9.17. The van der Waals surface area contributed by atoms with E-state index in [-0.39, 0.29) is 6.61 Å². The predicted molar refractivity (Wildman–Crippen MR) is 112 cm³/mol. The lowest BCUT2D eigenvalue weighted by Gasteiger charge is -2.36. The van der Waals surface area contributed by atoms with Crippen LogP contribution < -0.4 is 4.90 Å². The molecule has 2 aliphatic rings. The second-order valence-electron chi connectivity index (χ2n) is 7.80. The lowest BCUT2D eigenvalue weighted by Crippen LogP contribution is -2.46. The molecule has 2 aromatic heterocycles. The number of aliphatic hydroxyl groups excluding tert-OH is 1. The lowest BCUT2D eigenvalue weighted by atomic mass is 10.1. The van der Waals surface area contributed by atoms with E-state index in [0.29, 0.717) is 5.76 Å². The summed E-state index contributed by atoms with van der Waals surface area (Å²) in [6.07, 6.45) is 3.30. The van der Waals surface area contributed by atoms with E-state index >= 15 is 0 Å². The quantitative estimate of drug-likeness (QED) is 0.722. The van der Waals surface area contributed by atoms with Crippen LogP contribution in [0.25, 0.3) is 11.4 Å². The zero-order chi connectivity index (χ0) is 19.6. The number of aryl methyl sites for hydroxylation is 1. The largest absolute Gasteiger partial charge is 0.462 e. The van der Waals surface area contributed by atoms with E-state index in [1.54, 1.807) is 0 Å². The van der Waals surface area contributed by atoms with Crippen LogP contribution in [0.5, 0.6) is 0 Å². The van der Waals surface area contributed by atoms with Crippen molar-refractivity contribution < 1.29 is 9.52 Å². The first-order valence-electron chi connectivity index (χ1n) is 10.4. The second-order valence-corrected chi connectivity index (χ2v) is 7.80. The molecule has 6 nitrogen and oxygen atoms in total. The van der Waals surface area contributed by atoms with Crippen molar-refractivity contribution in [1.29, 1.82) is 0 Å². The van der Waals surface area contributed by atoms with Crippen molar-refractivity contribution in [3.05, 3.63) is 65.2 Å². The summed E-state index contributed by atoms with van der Waals surface area (Å²) < 4.78 is 5.65. The molecule has 0 radical (unpaired) electrons. The first-order chi connectivity index (χ1) is 14.3. The Kier molecular flexibility index (Phi) is 5.04. The Morgan fingerprint density at radius 3 is 2.45 bits per heavy atom. The number of aliphatic hydroxyl groups is 1. The third kappa shape index (κ3) is 3.78. The molecule has 6 heteroatoms. The van der Waals surface area contributed by atoms with E-state index in [2.05, 4.69) is 21.9 Å². The molecule has 1 aromatic carbocycles. The van der Waals surface area contributed by atoms with Gasteiger partial charge in [-0.15, -0.1) is 0 Å². The minimum atomic E-state index is -0.0453. The van der Waals surface area contributed by atoms with Gasteiger partial charge in [0.05, 0.1) is 6.54 Å². The molecule has 1 fully saturated rings. The zero-order valence-electron chi connectivity index (χ0n) is 16.5. The first kappa shape index (κ1) is 18.3. The number of nitrogens with zero attached hydrogens (tertiary/aromatic N) is 4. The van der Waals surface area contributed by atoms with Crippen LogP contribution in [0.4, 0.5) is 5.82 Å². The number of rotatable bonds is 5. The maximum absolute atomic E-state index is 9.17. The van der Waals surface area contributed by atoms with Crippen LogP contribution in [0, 0.1) is 0 Å². The lowest BCUT2D eigenvalue weighted by molar-refractivity contribution is 0.212. The third-order valence-electron chi connectivity index (χ3n) is 5.87. The molecule has 3 aromatic rings. The Morgan fingerprint density at radius 1 is 0.897 bits per heavy atom. The Hall–Kier alpha value is -2.70. The third-order valence-corrected chi connectivity index (χ3v) is 5.87. The summed E-state index contributed by atoms with van der Waals surface area (Å²) in [6, 6.07) is 14.1. The summed E-state index contributed by atoms with van der Waals surface area (Å²) in [5.41, 5.74) is 3.65. The molecule has 0 amide bonds. The van der Waals surface area contributed by atoms with Gasteiger partial charge >= 0.3 is 0 Å². The normalized spacial score (nSPS) is 16.9. The minimum Gasteiger partial charge on any atom is -0.462 e. The standard InChI is InChI=1S/C23H26N4O2/c28-16-19-10-9-18(29-19)15-26-11-13-27(14-12-26)23-20-7-4-8-21(20)24-22(25-23)17-5-2-1-3-6-17/h1-3,5-6,9-10,28H,4,7-8,11-16H2. The number of hydrogen-bond donors (Lipinski definition) is 1. The number of furan rings is 1. The van der Waals surface area contributed by atoms with Crippen LogP contribution in [0.1, 0.15) is 29.2 Å². The summed E-state index contributed by atoms with van der Waals surface area (Å²) in [4.78, 5) is 14.7. The summed E-state index contributed by atoms with van der Waals surface area (Å²) in [5.74, 6) is 3.52. The Balaban J connectivity index is 1.33. The van der Waals surface area contributed by atoms with Crippen LogP contribution in [0.15, 0.2) is 46.9 Å². The van der Waals surface area contributed by atoms with E-state index in [0.717, 1.165) is 68.5 Å². The van der Waals surface area contributed by atoms with Gasteiger partial charge in [0.1, 0.15) is 23.9 Å². The molecule has 1 N–H and O–H groups in total. The highest BCUT2D eigenvalue weighted by Gasteiger charge is 2.26. The molecular weight excluding hydrogens is 364 g/mol. The predicted octanol–water partition coefficient (Wildman–Crippen LogP) is 3.04. The molecule has 1 aliphatic heterocycles. The Bertz CT molecular complexity index is 978. The average Bonchev–Trinajstić information content (AvgIpc) is 3.43. The SMILES string of the molecule is OCc1ccc(CN2CCN(c3nc(-c4ccccc4)nc4c3CCC4)CC2)o1. The van der Waals surface area contributed by atoms with E-state index in [4.69, 9.17) is 14.4 Å². The van der Waals surface area contributed by atoms with Crippen LogP contribution in [-0.2, 0) is 26.0 Å². The van der Waals surface area contributed by atoms with Gasteiger partial charge < -0.3 is 14.4 Å². The smallest absolute Gasteiger partial charge is 0.161 e. The molecule has 1 saturated heterocycles. The number of hydrogen-bond acceptors (Lipinski definition) is 6. The fraction of sp³-hybridized carbons (Fsp3) is 0.391. The molecule has 0 unspecified atom stereocenters. The van der Waals surface area contributed by atoms with Crippen molar-refractivity contribution in [3.8, 4) is 11.4 Å². The molecule has 3 heterocycles. The van der Waals surface area contributed by atoms with Gasteiger partial charge in [-0.2, -0.15) is 0 Å². The van der Waals surface area contributed by atoms with Gasteiger partial charge in [-0.25, -0.2) is 9.97 Å². The molecule has 0 atom stereocenters. The average molecular weight is 390 g/mol.